The smallest absolute Gasteiger partial charge is 0.390 e. The lowest BCUT2D eigenvalue weighted by Gasteiger charge is -2.33. The molecule has 0 bridgehead atoms. The van der Waals surface area contributed by atoms with Gasteiger partial charge >= 0.3 is 12.1 Å². The summed E-state index contributed by atoms with van der Waals surface area (Å²) in [7, 11) is -4.07. The first kappa shape index (κ1) is 16.2. The van der Waals surface area contributed by atoms with Crippen LogP contribution in [0.1, 0.15) is 19.8 Å². The number of carboxylic acid groups (broad SMARTS) is 1. The van der Waals surface area contributed by atoms with Gasteiger partial charge in [0.1, 0.15) is 0 Å². The first-order chi connectivity index (χ1) is 8.51. The van der Waals surface area contributed by atoms with Gasteiger partial charge in [0.25, 0.3) is 0 Å². The zero-order chi connectivity index (χ0) is 14.8. The van der Waals surface area contributed by atoms with Crippen molar-refractivity contribution in [2.24, 2.45) is 11.8 Å². The van der Waals surface area contributed by atoms with E-state index in [1.54, 1.807) is 6.92 Å². The van der Waals surface area contributed by atoms with Crippen molar-refractivity contribution < 1.29 is 31.5 Å². The molecular formula is C10H16F3NO4S. The van der Waals surface area contributed by atoms with E-state index in [2.05, 4.69) is 0 Å². The molecule has 2 unspecified atom stereocenters. The van der Waals surface area contributed by atoms with Gasteiger partial charge < -0.3 is 5.11 Å². The normalized spacial score (nSPS) is 26.3. The molecule has 19 heavy (non-hydrogen) atoms. The highest BCUT2D eigenvalue weighted by atomic mass is 32.2. The molecule has 1 saturated heterocycles. The van der Waals surface area contributed by atoms with E-state index in [-0.39, 0.29) is 19.0 Å². The SMILES string of the molecule is CC1CC(C(=O)O)CN(S(=O)(=O)CCC(F)(F)F)C1. The van der Waals surface area contributed by atoms with E-state index in [1.165, 1.54) is 0 Å². The predicted molar refractivity (Wildman–Crippen MR) is 60.9 cm³/mol. The van der Waals surface area contributed by atoms with Gasteiger partial charge in [-0.05, 0) is 12.3 Å². The van der Waals surface area contributed by atoms with Crippen LogP contribution in [0.3, 0.4) is 0 Å². The Bertz CT molecular complexity index is 435. The van der Waals surface area contributed by atoms with Crippen molar-refractivity contribution in [1.82, 2.24) is 4.31 Å². The van der Waals surface area contributed by atoms with Crippen molar-refractivity contribution in [2.75, 3.05) is 18.8 Å². The predicted octanol–water partition coefficient (Wildman–Crippen LogP) is 1.31. The summed E-state index contributed by atoms with van der Waals surface area (Å²) in [5.74, 6) is -3.20. The molecule has 5 nitrogen and oxygen atoms in total. The first-order valence-corrected chi connectivity index (χ1v) is 7.39. The Morgan fingerprint density at radius 2 is 1.95 bits per heavy atom. The number of halogens is 3. The second-order valence-corrected chi connectivity index (χ2v) is 6.96. The summed E-state index contributed by atoms with van der Waals surface area (Å²) in [5, 5.41) is 8.90. The van der Waals surface area contributed by atoms with Gasteiger partial charge in [0.05, 0.1) is 18.1 Å². The van der Waals surface area contributed by atoms with Gasteiger partial charge in [-0.25, -0.2) is 12.7 Å². The Kier molecular flexibility index (Phi) is 4.83. The number of carbonyl (C=O) groups is 1. The maximum atomic E-state index is 12.1. The summed E-state index contributed by atoms with van der Waals surface area (Å²) >= 11 is 0. The van der Waals surface area contributed by atoms with Crippen molar-refractivity contribution in [1.29, 1.82) is 0 Å². The molecule has 0 saturated carbocycles. The number of sulfonamides is 1. The number of rotatable bonds is 4. The molecule has 0 amide bonds. The first-order valence-electron chi connectivity index (χ1n) is 5.78. The van der Waals surface area contributed by atoms with Crippen molar-refractivity contribution in [3.63, 3.8) is 0 Å². The minimum atomic E-state index is -4.54. The summed E-state index contributed by atoms with van der Waals surface area (Å²) in [5.41, 5.74) is 0. The van der Waals surface area contributed by atoms with Crippen LogP contribution in [0.15, 0.2) is 0 Å². The van der Waals surface area contributed by atoms with Crippen LogP contribution in [0.4, 0.5) is 13.2 Å². The summed E-state index contributed by atoms with van der Waals surface area (Å²) in [6.07, 6.45) is -5.63. The van der Waals surface area contributed by atoms with Crippen LogP contribution in [-0.4, -0.2) is 48.8 Å². The van der Waals surface area contributed by atoms with Crippen molar-refractivity contribution in [3.05, 3.63) is 0 Å². The number of piperidine rings is 1. The summed E-state index contributed by atoms with van der Waals surface area (Å²) in [6, 6.07) is 0. The van der Waals surface area contributed by atoms with E-state index >= 15 is 0 Å². The Morgan fingerprint density at radius 1 is 1.37 bits per heavy atom. The third-order valence-electron chi connectivity index (χ3n) is 3.01. The molecule has 1 fully saturated rings. The zero-order valence-corrected chi connectivity index (χ0v) is 11.2. The monoisotopic (exact) mass is 303 g/mol. The Hall–Kier alpha value is -0.830. The molecule has 0 aliphatic carbocycles. The topological polar surface area (TPSA) is 74.7 Å². The molecule has 1 aliphatic rings. The van der Waals surface area contributed by atoms with Gasteiger partial charge in [-0.3, -0.25) is 4.79 Å². The van der Waals surface area contributed by atoms with Crippen LogP contribution in [-0.2, 0) is 14.8 Å². The van der Waals surface area contributed by atoms with Crippen molar-refractivity contribution in [2.45, 2.75) is 25.9 Å². The van der Waals surface area contributed by atoms with Crippen LogP contribution in [0.2, 0.25) is 0 Å². The number of aliphatic carboxylic acids is 1. The number of hydrogen-bond acceptors (Lipinski definition) is 3. The molecule has 0 spiro atoms. The summed E-state index contributed by atoms with van der Waals surface area (Å²) in [4.78, 5) is 10.9. The van der Waals surface area contributed by atoms with Gasteiger partial charge in [0.15, 0.2) is 0 Å². The summed E-state index contributed by atoms with van der Waals surface area (Å²) < 4.78 is 60.6. The fourth-order valence-corrected chi connectivity index (χ4v) is 3.72. The molecule has 1 rings (SSSR count). The van der Waals surface area contributed by atoms with Gasteiger partial charge in [-0.1, -0.05) is 6.92 Å². The number of carboxylic acids is 1. The Balaban J connectivity index is 2.74. The van der Waals surface area contributed by atoms with Crippen LogP contribution in [0.5, 0.6) is 0 Å². The molecule has 9 heteroatoms. The molecule has 1 heterocycles. The summed E-state index contributed by atoms with van der Waals surface area (Å²) in [6.45, 7) is 1.51. The molecule has 0 aromatic rings. The van der Waals surface area contributed by atoms with Crippen LogP contribution >= 0.6 is 0 Å². The molecule has 0 radical (unpaired) electrons. The lowest BCUT2D eigenvalue weighted by molar-refractivity contribution is -0.143. The second kappa shape index (κ2) is 5.66. The van der Waals surface area contributed by atoms with Crippen molar-refractivity contribution in [3.8, 4) is 0 Å². The quantitative estimate of drug-likeness (QED) is 0.850. The van der Waals surface area contributed by atoms with Gasteiger partial charge in [0, 0.05) is 13.1 Å². The minimum Gasteiger partial charge on any atom is -0.481 e. The Labute approximate surface area is 109 Å². The van der Waals surface area contributed by atoms with E-state index in [9.17, 15) is 26.4 Å². The third kappa shape index (κ3) is 4.98. The third-order valence-corrected chi connectivity index (χ3v) is 4.82. The molecule has 1 N–H and O–H groups in total. The van der Waals surface area contributed by atoms with E-state index in [4.69, 9.17) is 5.11 Å². The highest BCUT2D eigenvalue weighted by molar-refractivity contribution is 7.89. The lowest BCUT2D eigenvalue weighted by atomic mass is 9.92. The average molecular weight is 303 g/mol. The molecule has 2 atom stereocenters. The van der Waals surface area contributed by atoms with Crippen LogP contribution in [0, 0.1) is 11.8 Å². The van der Waals surface area contributed by atoms with Gasteiger partial charge in [-0.2, -0.15) is 13.2 Å². The fourth-order valence-electron chi connectivity index (χ4n) is 2.08. The maximum Gasteiger partial charge on any atom is 0.390 e. The van der Waals surface area contributed by atoms with Gasteiger partial charge in [-0.15, -0.1) is 0 Å². The lowest BCUT2D eigenvalue weighted by Crippen LogP contribution is -2.46. The second-order valence-electron chi connectivity index (χ2n) is 4.87. The van der Waals surface area contributed by atoms with Gasteiger partial charge in [0.2, 0.25) is 10.0 Å². The number of hydrogen-bond donors (Lipinski definition) is 1. The molecule has 1 aliphatic heterocycles. The molecule has 112 valence electrons. The highest BCUT2D eigenvalue weighted by Crippen LogP contribution is 2.26. The average Bonchev–Trinajstić information content (AvgIpc) is 2.25. The highest BCUT2D eigenvalue weighted by Gasteiger charge is 2.37. The molecule has 0 aromatic carbocycles. The number of nitrogens with zero attached hydrogens (tertiary/aromatic N) is 1. The fraction of sp³-hybridized carbons (Fsp3) is 0.900. The van der Waals surface area contributed by atoms with E-state index in [0.29, 0.717) is 6.42 Å². The van der Waals surface area contributed by atoms with Crippen molar-refractivity contribution >= 4 is 16.0 Å². The molecule has 0 aromatic heterocycles. The molecular weight excluding hydrogens is 287 g/mol. The largest absolute Gasteiger partial charge is 0.481 e. The number of alkyl halides is 3. The van der Waals surface area contributed by atoms with Crippen LogP contribution < -0.4 is 0 Å². The van der Waals surface area contributed by atoms with E-state index < -0.39 is 40.3 Å². The Morgan fingerprint density at radius 3 is 2.42 bits per heavy atom. The zero-order valence-electron chi connectivity index (χ0n) is 10.4. The standard InChI is InChI=1S/C10H16F3NO4S/c1-7-4-8(9(15)16)6-14(5-7)19(17,18)3-2-10(11,12)13/h7-8H,2-6H2,1H3,(H,15,16). The van der Waals surface area contributed by atoms with E-state index in [1.807, 2.05) is 0 Å². The van der Waals surface area contributed by atoms with E-state index in [0.717, 1.165) is 4.31 Å². The minimum absolute atomic E-state index is 0.0734. The van der Waals surface area contributed by atoms with Crippen LogP contribution in [0.25, 0.3) is 0 Å². The maximum absolute atomic E-state index is 12.1.